The Kier molecular flexibility index (Phi) is 8.73. The molecule has 0 saturated carbocycles. The smallest absolute Gasteiger partial charge is 0.191 e. The molecule has 0 bridgehead atoms. The molecule has 1 heterocycles. The number of piperazine rings is 1. The van der Waals surface area contributed by atoms with Gasteiger partial charge in [-0.2, -0.15) is 0 Å². The van der Waals surface area contributed by atoms with Gasteiger partial charge in [-0.1, -0.05) is 45.0 Å². The molecule has 0 spiro atoms. The molecule has 6 nitrogen and oxygen atoms in total. The molecular formula is C22H39N5O. The van der Waals surface area contributed by atoms with Gasteiger partial charge in [0.15, 0.2) is 5.96 Å². The number of likely N-dealkylation sites (N-methyl/N-ethyl adjacent to an activating group) is 1. The summed E-state index contributed by atoms with van der Waals surface area (Å²) in [4.78, 5) is 9.24. The zero-order valence-electron chi connectivity index (χ0n) is 18.6. The van der Waals surface area contributed by atoms with Gasteiger partial charge in [0, 0.05) is 60.0 Å². The fourth-order valence-electron chi connectivity index (χ4n) is 3.37. The number of benzene rings is 1. The zero-order chi connectivity index (χ0) is 20.6. The lowest BCUT2D eigenvalue weighted by Gasteiger charge is -2.32. The lowest BCUT2D eigenvalue weighted by atomic mass is 9.89. The minimum absolute atomic E-state index is 0.0835. The van der Waals surface area contributed by atoms with E-state index in [0.29, 0.717) is 0 Å². The Labute approximate surface area is 171 Å². The van der Waals surface area contributed by atoms with Gasteiger partial charge < -0.3 is 20.3 Å². The molecule has 1 aromatic carbocycles. The molecule has 1 aliphatic heterocycles. The van der Waals surface area contributed by atoms with E-state index in [1.54, 1.807) is 14.2 Å². The van der Waals surface area contributed by atoms with E-state index in [-0.39, 0.29) is 11.5 Å². The summed E-state index contributed by atoms with van der Waals surface area (Å²) in [5.41, 5.74) is 2.72. The van der Waals surface area contributed by atoms with Crippen LogP contribution in [0.15, 0.2) is 29.3 Å². The molecule has 1 fully saturated rings. The number of hydrogen-bond acceptors (Lipinski definition) is 4. The molecular weight excluding hydrogens is 350 g/mol. The number of aliphatic imine (C=N–C) groups is 1. The van der Waals surface area contributed by atoms with E-state index < -0.39 is 0 Å². The van der Waals surface area contributed by atoms with Crippen LogP contribution in [0, 0.1) is 5.41 Å². The van der Waals surface area contributed by atoms with Crippen molar-refractivity contribution in [3.8, 4) is 0 Å². The molecule has 1 saturated heterocycles. The molecule has 28 heavy (non-hydrogen) atoms. The van der Waals surface area contributed by atoms with Crippen molar-refractivity contribution in [3.05, 3.63) is 35.4 Å². The number of nitrogens with zero attached hydrogens (tertiary/aromatic N) is 3. The molecule has 2 rings (SSSR count). The van der Waals surface area contributed by atoms with Crippen LogP contribution in [0.2, 0.25) is 0 Å². The Morgan fingerprint density at radius 3 is 2.21 bits per heavy atom. The normalized spacial score (nSPS) is 18.1. The first-order valence-corrected chi connectivity index (χ1v) is 10.3. The van der Waals surface area contributed by atoms with E-state index in [0.717, 1.165) is 51.8 Å². The van der Waals surface area contributed by atoms with Crippen LogP contribution >= 0.6 is 0 Å². The summed E-state index contributed by atoms with van der Waals surface area (Å²) < 4.78 is 5.60. The van der Waals surface area contributed by atoms with Crippen molar-refractivity contribution in [2.75, 3.05) is 53.9 Å². The van der Waals surface area contributed by atoms with E-state index >= 15 is 0 Å². The van der Waals surface area contributed by atoms with Crippen LogP contribution in [-0.4, -0.2) is 75.8 Å². The largest absolute Gasteiger partial charge is 0.379 e. The van der Waals surface area contributed by atoms with Gasteiger partial charge in [0.05, 0.1) is 6.10 Å². The fraction of sp³-hybridized carbons (Fsp3) is 0.682. The van der Waals surface area contributed by atoms with Crippen LogP contribution in [0.4, 0.5) is 0 Å². The van der Waals surface area contributed by atoms with E-state index in [4.69, 9.17) is 4.74 Å². The average molecular weight is 390 g/mol. The number of guanidine groups is 1. The first-order valence-electron chi connectivity index (χ1n) is 10.3. The second-order valence-corrected chi connectivity index (χ2v) is 8.79. The minimum Gasteiger partial charge on any atom is -0.379 e. The van der Waals surface area contributed by atoms with Gasteiger partial charge in [-0.15, -0.1) is 0 Å². The maximum Gasteiger partial charge on any atom is 0.191 e. The van der Waals surface area contributed by atoms with Crippen LogP contribution in [0.5, 0.6) is 0 Å². The van der Waals surface area contributed by atoms with Gasteiger partial charge in [-0.25, -0.2) is 0 Å². The SMILES string of the molecule is CN=C(NCc1ccc(CN2CCN(C)CC2)cc1)NCC(OC)C(C)(C)C. The average Bonchev–Trinajstić information content (AvgIpc) is 2.66. The Morgan fingerprint density at radius 2 is 1.68 bits per heavy atom. The van der Waals surface area contributed by atoms with Crippen molar-refractivity contribution in [2.45, 2.75) is 40.0 Å². The Hall–Kier alpha value is -1.63. The van der Waals surface area contributed by atoms with Crippen LogP contribution in [0.25, 0.3) is 0 Å². The number of methoxy groups -OCH3 is 1. The van der Waals surface area contributed by atoms with Crippen molar-refractivity contribution >= 4 is 5.96 Å². The number of nitrogens with one attached hydrogen (secondary N) is 2. The highest BCUT2D eigenvalue weighted by Crippen LogP contribution is 2.20. The molecule has 1 unspecified atom stereocenters. The van der Waals surface area contributed by atoms with Gasteiger partial charge in [-0.05, 0) is 23.6 Å². The Bertz CT molecular complexity index is 600. The van der Waals surface area contributed by atoms with E-state index in [1.807, 2.05) is 0 Å². The Morgan fingerprint density at radius 1 is 1.07 bits per heavy atom. The molecule has 0 amide bonds. The topological polar surface area (TPSA) is 52.1 Å². The predicted molar refractivity (Wildman–Crippen MR) is 118 cm³/mol. The fourth-order valence-corrected chi connectivity index (χ4v) is 3.37. The first-order chi connectivity index (χ1) is 13.3. The summed E-state index contributed by atoms with van der Waals surface area (Å²) in [6.07, 6.45) is 0.125. The summed E-state index contributed by atoms with van der Waals surface area (Å²) in [7, 11) is 5.76. The standard InChI is InChI=1S/C22H39N5O/c1-22(2,3)20(28-6)16-25-21(23-4)24-15-18-7-9-19(10-8-18)17-27-13-11-26(5)12-14-27/h7-10,20H,11-17H2,1-6H3,(H2,23,24,25). The maximum atomic E-state index is 5.60. The predicted octanol–water partition coefficient (Wildman–Crippen LogP) is 2.16. The van der Waals surface area contributed by atoms with Gasteiger partial charge in [0.25, 0.3) is 0 Å². The minimum atomic E-state index is 0.0835. The molecule has 158 valence electrons. The van der Waals surface area contributed by atoms with E-state index in [9.17, 15) is 0 Å². The number of rotatable bonds is 7. The molecule has 1 atom stereocenters. The third kappa shape index (κ3) is 7.41. The van der Waals surface area contributed by atoms with Crippen molar-refractivity contribution in [2.24, 2.45) is 10.4 Å². The molecule has 0 aliphatic carbocycles. The summed E-state index contributed by atoms with van der Waals surface area (Å²) in [6.45, 7) is 13.7. The summed E-state index contributed by atoms with van der Waals surface area (Å²) in [5, 5.41) is 6.76. The Balaban J connectivity index is 1.78. The highest BCUT2D eigenvalue weighted by Gasteiger charge is 2.24. The van der Waals surface area contributed by atoms with Crippen LogP contribution in [-0.2, 0) is 17.8 Å². The summed E-state index contributed by atoms with van der Waals surface area (Å²) >= 11 is 0. The highest BCUT2D eigenvalue weighted by atomic mass is 16.5. The van der Waals surface area contributed by atoms with Crippen molar-refractivity contribution in [3.63, 3.8) is 0 Å². The first kappa shape index (κ1) is 22.7. The molecule has 1 aliphatic rings. The van der Waals surface area contributed by atoms with Crippen LogP contribution in [0.3, 0.4) is 0 Å². The monoisotopic (exact) mass is 389 g/mol. The molecule has 6 heteroatoms. The second kappa shape index (κ2) is 10.8. The van der Waals surface area contributed by atoms with Crippen molar-refractivity contribution in [1.29, 1.82) is 0 Å². The number of ether oxygens (including phenoxy) is 1. The molecule has 0 aromatic heterocycles. The summed E-state index contributed by atoms with van der Waals surface area (Å²) in [6, 6.07) is 8.90. The van der Waals surface area contributed by atoms with Gasteiger partial charge in [0.2, 0.25) is 0 Å². The van der Waals surface area contributed by atoms with Crippen LogP contribution < -0.4 is 10.6 Å². The lowest BCUT2D eigenvalue weighted by molar-refractivity contribution is 0.0205. The third-order valence-electron chi connectivity index (χ3n) is 5.41. The lowest BCUT2D eigenvalue weighted by Crippen LogP contribution is -2.45. The number of hydrogen-bond donors (Lipinski definition) is 2. The van der Waals surface area contributed by atoms with Gasteiger partial charge >= 0.3 is 0 Å². The molecule has 2 N–H and O–H groups in total. The van der Waals surface area contributed by atoms with E-state index in [2.05, 4.69) is 77.5 Å². The van der Waals surface area contributed by atoms with Crippen LogP contribution in [0.1, 0.15) is 31.9 Å². The van der Waals surface area contributed by atoms with Crippen molar-refractivity contribution < 1.29 is 4.74 Å². The zero-order valence-corrected chi connectivity index (χ0v) is 18.6. The molecule has 1 aromatic rings. The summed E-state index contributed by atoms with van der Waals surface area (Å²) in [5.74, 6) is 0.799. The third-order valence-corrected chi connectivity index (χ3v) is 5.41. The maximum absolute atomic E-state index is 5.60. The second-order valence-electron chi connectivity index (χ2n) is 8.79. The van der Waals surface area contributed by atoms with Gasteiger partial charge in [0.1, 0.15) is 0 Å². The quantitative estimate of drug-likeness (QED) is 0.553. The molecule has 0 radical (unpaired) electrons. The van der Waals surface area contributed by atoms with E-state index in [1.165, 1.54) is 11.1 Å². The van der Waals surface area contributed by atoms with Gasteiger partial charge in [-0.3, -0.25) is 9.89 Å². The van der Waals surface area contributed by atoms with Crippen molar-refractivity contribution in [1.82, 2.24) is 20.4 Å². The highest BCUT2D eigenvalue weighted by molar-refractivity contribution is 5.79.